The highest BCUT2D eigenvalue weighted by Crippen LogP contribution is 2.47. The summed E-state index contributed by atoms with van der Waals surface area (Å²) in [6, 6.07) is 4.58. The van der Waals surface area contributed by atoms with E-state index < -0.39 is 11.6 Å². The summed E-state index contributed by atoms with van der Waals surface area (Å²) in [6.45, 7) is 8.32. The van der Waals surface area contributed by atoms with E-state index in [4.69, 9.17) is 0 Å². The second kappa shape index (κ2) is 6.21. The van der Waals surface area contributed by atoms with E-state index in [1.165, 1.54) is 6.07 Å². The Morgan fingerprint density at radius 2 is 2.05 bits per heavy atom. The molecule has 112 valence electrons. The maximum atomic E-state index is 14.1. The lowest BCUT2D eigenvalue weighted by Gasteiger charge is -2.41. The zero-order valence-electron chi connectivity index (χ0n) is 12.7. The summed E-state index contributed by atoms with van der Waals surface area (Å²) in [6.07, 6.45) is 3.14. The molecular formula is C17H25F2N. The van der Waals surface area contributed by atoms with Crippen LogP contribution < -0.4 is 5.32 Å². The van der Waals surface area contributed by atoms with Crippen molar-refractivity contribution in [1.82, 2.24) is 5.32 Å². The van der Waals surface area contributed by atoms with Gasteiger partial charge in [-0.05, 0) is 61.2 Å². The maximum Gasteiger partial charge on any atom is 0.162 e. The van der Waals surface area contributed by atoms with Crippen LogP contribution in [-0.2, 0) is 0 Å². The first-order valence-corrected chi connectivity index (χ1v) is 7.59. The number of halogens is 2. The molecule has 2 atom stereocenters. The van der Waals surface area contributed by atoms with E-state index in [1.807, 2.05) is 0 Å². The fourth-order valence-electron chi connectivity index (χ4n) is 3.39. The minimum absolute atomic E-state index is 0.105. The first kappa shape index (κ1) is 15.4. The third kappa shape index (κ3) is 3.38. The average molecular weight is 281 g/mol. The Bertz CT molecular complexity index is 456. The molecule has 1 fully saturated rings. The molecule has 0 radical (unpaired) electrons. The van der Waals surface area contributed by atoms with Gasteiger partial charge in [-0.15, -0.1) is 0 Å². The summed E-state index contributed by atoms with van der Waals surface area (Å²) in [7, 11) is 0. The summed E-state index contributed by atoms with van der Waals surface area (Å²) in [5.41, 5.74) is 0.757. The molecule has 1 aromatic carbocycles. The van der Waals surface area contributed by atoms with Gasteiger partial charge in [-0.1, -0.05) is 32.9 Å². The van der Waals surface area contributed by atoms with Crippen molar-refractivity contribution in [3.8, 4) is 0 Å². The van der Waals surface area contributed by atoms with Crippen LogP contribution in [0.1, 0.15) is 51.5 Å². The van der Waals surface area contributed by atoms with Crippen molar-refractivity contribution < 1.29 is 8.78 Å². The van der Waals surface area contributed by atoms with Crippen molar-refractivity contribution in [2.75, 3.05) is 13.1 Å². The van der Waals surface area contributed by atoms with Gasteiger partial charge in [0.1, 0.15) is 0 Å². The molecule has 0 aromatic heterocycles. The normalized spacial score (nSPS) is 25.6. The summed E-state index contributed by atoms with van der Waals surface area (Å²) in [5, 5.41) is 3.36. The quantitative estimate of drug-likeness (QED) is 0.857. The van der Waals surface area contributed by atoms with Crippen LogP contribution in [0.4, 0.5) is 8.78 Å². The van der Waals surface area contributed by atoms with Gasteiger partial charge in [0.15, 0.2) is 11.6 Å². The topological polar surface area (TPSA) is 12.0 Å². The third-order valence-corrected chi connectivity index (χ3v) is 4.57. The van der Waals surface area contributed by atoms with Crippen LogP contribution in [-0.4, -0.2) is 13.1 Å². The van der Waals surface area contributed by atoms with Crippen molar-refractivity contribution in [2.45, 2.75) is 46.0 Å². The van der Waals surface area contributed by atoms with Gasteiger partial charge < -0.3 is 5.32 Å². The fourth-order valence-corrected chi connectivity index (χ4v) is 3.39. The second-order valence-corrected chi connectivity index (χ2v) is 6.72. The van der Waals surface area contributed by atoms with Crippen LogP contribution in [0.15, 0.2) is 18.2 Å². The van der Waals surface area contributed by atoms with Gasteiger partial charge in [-0.2, -0.15) is 0 Å². The second-order valence-electron chi connectivity index (χ2n) is 6.72. The van der Waals surface area contributed by atoms with Crippen molar-refractivity contribution in [1.29, 1.82) is 0 Å². The number of hydrogen-bond acceptors (Lipinski definition) is 1. The zero-order chi connectivity index (χ0) is 14.8. The maximum absolute atomic E-state index is 14.1. The van der Waals surface area contributed by atoms with Crippen LogP contribution in [0.25, 0.3) is 0 Å². The molecule has 1 saturated carbocycles. The SMILES string of the molecule is CCNCC1CCC(C)(C)CC1c1cccc(F)c1F. The predicted molar refractivity (Wildman–Crippen MR) is 78.8 cm³/mol. The molecular weight excluding hydrogens is 256 g/mol. The highest BCUT2D eigenvalue weighted by molar-refractivity contribution is 5.25. The molecule has 1 nitrogen and oxygen atoms in total. The van der Waals surface area contributed by atoms with Crippen LogP contribution in [0.3, 0.4) is 0 Å². The fraction of sp³-hybridized carbons (Fsp3) is 0.647. The van der Waals surface area contributed by atoms with E-state index in [0.717, 1.165) is 32.4 Å². The van der Waals surface area contributed by atoms with Crippen molar-refractivity contribution in [3.63, 3.8) is 0 Å². The molecule has 2 rings (SSSR count). The van der Waals surface area contributed by atoms with Gasteiger partial charge in [-0.25, -0.2) is 8.78 Å². The molecule has 1 aromatic rings. The molecule has 20 heavy (non-hydrogen) atoms. The summed E-state index contributed by atoms with van der Waals surface area (Å²) >= 11 is 0. The molecule has 1 aliphatic carbocycles. The first-order chi connectivity index (χ1) is 9.44. The van der Waals surface area contributed by atoms with Crippen LogP contribution in [0.2, 0.25) is 0 Å². The number of nitrogens with one attached hydrogen (secondary N) is 1. The molecule has 1 aliphatic rings. The lowest BCUT2D eigenvalue weighted by atomic mass is 9.65. The number of hydrogen-bond donors (Lipinski definition) is 1. The monoisotopic (exact) mass is 281 g/mol. The highest BCUT2D eigenvalue weighted by Gasteiger charge is 2.36. The lowest BCUT2D eigenvalue weighted by Crippen LogP contribution is -2.35. The van der Waals surface area contributed by atoms with E-state index in [2.05, 4.69) is 26.1 Å². The van der Waals surface area contributed by atoms with E-state index >= 15 is 0 Å². The molecule has 0 spiro atoms. The number of benzene rings is 1. The molecule has 3 heteroatoms. The van der Waals surface area contributed by atoms with E-state index in [0.29, 0.717) is 11.5 Å². The smallest absolute Gasteiger partial charge is 0.162 e. The molecule has 0 aliphatic heterocycles. The Morgan fingerprint density at radius 1 is 1.30 bits per heavy atom. The van der Waals surface area contributed by atoms with Gasteiger partial charge in [0.25, 0.3) is 0 Å². The Labute approximate surface area is 120 Å². The van der Waals surface area contributed by atoms with E-state index in [-0.39, 0.29) is 11.3 Å². The molecule has 0 heterocycles. The molecule has 0 saturated heterocycles. The molecule has 0 amide bonds. The molecule has 1 N–H and O–H groups in total. The number of rotatable bonds is 4. The highest BCUT2D eigenvalue weighted by atomic mass is 19.2. The van der Waals surface area contributed by atoms with Crippen molar-refractivity contribution in [2.24, 2.45) is 11.3 Å². The minimum Gasteiger partial charge on any atom is -0.317 e. The van der Waals surface area contributed by atoms with Gasteiger partial charge in [0.2, 0.25) is 0 Å². The Balaban J connectivity index is 2.28. The summed E-state index contributed by atoms with van der Waals surface area (Å²) in [5.74, 6) is -0.891. The molecule has 0 bridgehead atoms. The third-order valence-electron chi connectivity index (χ3n) is 4.57. The van der Waals surface area contributed by atoms with Gasteiger partial charge in [0, 0.05) is 0 Å². The molecule has 2 unspecified atom stereocenters. The Kier molecular flexibility index (Phi) is 4.79. The van der Waals surface area contributed by atoms with Crippen molar-refractivity contribution in [3.05, 3.63) is 35.4 Å². The van der Waals surface area contributed by atoms with Crippen LogP contribution in [0.5, 0.6) is 0 Å². The Morgan fingerprint density at radius 3 is 2.75 bits per heavy atom. The average Bonchev–Trinajstić information content (AvgIpc) is 2.40. The predicted octanol–water partition coefficient (Wildman–Crippen LogP) is 4.48. The lowest BCUT2D eigenvalue weighted by molar-refractivity contribution is 0.157. The standard InChI is InChI=1S/C17H25F2N/c1-4-20-11-12-8-9-17(2,3)10-14(12)13-6-5-7-15(18)16(13)19/h5-7,12,14,20H,4,8-11H2,1-3H3. The Hall–Kier alpha value is -0.960. The van der Waals surface area contributed by atoms with Crippen LogP contribution >= 0.6 is 0 Å². The first-order valence-electron chi connectivity index (χ1n) is 7.59. The van der Waals surface area contributed by atoms with Crippen LogP contribution in [0, 0.1) is 23.0 Å². The summed E-state index contributed by atoms with van der Waals surface area (Å²) < 4.78 is 27.7. The minimum atomic E-state index is -0.729. The zero-order valence-corrected chi connectivity index (χ0v) is 12.7. The van der Waals surface area contributed by atoms with Gasteiger partial charge >= 0.3 is 0 Å². The largest absolute Gasteiger partial charge is 0.317 e. The van der Waals surface area contributed by atoms with E-state index in [9.17, 15) is 8.78 Å². The van der Waals surface area contributed by atoms with Gasteiger partial charge in [0.05, 0.1) is 0 Å². The summed E-state index contributed by atoms with van der Waals surface area (Å²) in [4.78, 5) is 0. The van der Waals surface area contributed by atoms with Gasteiger partial charge in [-0.3, -0.25) is 0 Å². The van der Waals surface area contributed by atoms with Crippen molar-refractivity contribution >= 4 is 0 Å². The van der Waals surface area contributed by atoms with E-state index in [1.54, 1.807) is 12.1 Å².